The quantitative estimate of drug-likeness (QED) is 0.700. The molecule has 3 fully saturated rings. The van der Waals surface area contributed by atoms with Crippen LogP contribution >= 0.6 is 0 Å². The standard InChI is InChI=1S/C24H37N5O3/c1-26(2)19-6-4-18(5-7-19)17-29-11-10-21-23(29)24(31)25-16-20(27(21)3)8-9-22(30)28-12-14-32-15-13-28/h4-7,20-21,23H,8-17H2,1-3H3,(H,25,31)/t20-,21+,23-/m0/s1. The van der Waals surface area contributed by atoms with Gasteiger partial charge >= 0.3 is 0 Å². The summed E-state index contributed by atoms with van der Waals surface area (Å²) in [6, 6.07) is 8.78. The van der Waals surface area contributed by atoms with Gasteiger partial charge in [0, 0.05) is 71.0 Å². The zero-order valence-corrected chi connectivity index (χ0v) is 19.6. The Bertz CT molecular complexity index is 793. The monoisotopic (exact) mass is 443 g/mol. The number of benzene rings is 1. The Kier molecular flexibility index (Phi) is 7.33. The predicted molar refractivity (Wildman–Crippen MR) is 125 cm³/mol. The van der Waals surface area contributed by atoms with E-state index in [-0.39, 0.29) is 29.9 Å². The van der Waals surface area contributed by atoms with E-state index in [1.807, 2.05) is 19.0 Å². The van der Waals surface area contributed by atoms with Crippen LogP contribution in [0.25, 0.3) is 0 Å². The molecule has 1 aromatic carbocycles. The number of morpholine rings is 1. The molecule has 3 heterocycles. The second-order valence-corrected chi connectivity index (χ2v) is 9.43. The van der Waals surface area contributed by atoms with Crippen LogP contribution in [0.1, 0.15) is 24.8 Å². The molecule has 8 heteroatoms. The van der Waals surface area contributed by atoms with Crippen molar-refractivity contribution in [2.75, 3.05) is 65.4 Å². The van der Waals surface area contributed by atoms with E-state index in [9.17, 15) is 9.59 Å². The summed E-state index contributed by atoms with van der Waals surface area (Å²) in [7, 11) is 6.20. The van der Waals surface area contributed by atoms with Crippen molar-refractivity contribution < 1.29 is 14.3 Å². The first kappa shape index (κ1) is 23.0. The van der Waals surface area contributed by atoms with Crippen LogP contribution in [0.4, 0.5) is 5.69 Å². The van der Waals surface area contributed by atoms with Crippen molar-refractivity contribution in [2.24, 2.45) is 0 Å². The van der Waals surface area contributed by atoms with E-state index in [0.29, 0.717) is 39.3 Å². The van der Waals surface area contributed by atoms with E-state index >= 15 is 0 Å². The maximum Gasteiger partial charge on any atom is 0.239 e. The van der Waals surface area contributed by atoms with Crippen LogP contribution in [0.5, 0.6) is 0 Å². The molecule has 3 saturated heterocycles. The third kappa shape index (κ3) is 5.08. The number of rotatable bonds is 6. The summed E-state index contributed by atoms with van der Waals surface area (Å²) >= 11 is 0. The molecule has 0 saturated carbocycles. The fourth-order valence-electron chi connectivity index (χ4n) is 5.22. The van der Waals surface area contributed by atoms with Crippen LogP contribution in [0.2, 0.25) is 0 Å². The molecule has 0 unspecified atom stereocenters. The minimum atomic E-state index is -0.145. The summed E-state index contributed by atoms with van der Waals surface area (Å²) in [5, 5.41) is 3.17. The van der Waals surface area contributed by atoms with E-state index in [4.69, 9.17) is 4.74 Å². The maximum absolute atomic E-state index is 13.0. The van der Waals surface area contributed by atoms with Gasteiger partial charge in [-0.3, -0.25) is 19.4 Å². The second-order valence-electron chi connectivity index (χ2n) is 9.43. The average Bonchev–Trinajstić information content (AvgIpc) is 3.17. The number of nitrogens with zero attached hydrogens (tertiary/aromatic N) is 4. The number of carbonyl (C=O) groups excluding carboxylic acids is 2. The molecule has 176 valence electrons. The Balaban J connectivity index is 1.37. The molecule has 8 nitrogen and oxygen atoms in total. The molecule has 3 atom stereocenters. The lowest BCUT2D eigenvalue weighted by Gasteiger charge is -2.33. The fourth-order valence-corrected chi connectivity index (χ4v) is 5.22. The highest BCUT2D eigenvalue weighted by molar-refractivity contribution is 5.83. The molecule has 2 amide bonds. The number of hydrogen-bond acceptors (Lipinski definition) is 6. The SMILES string of the molecule is CN(C)c1ccc(CN2CC[C@@H]3[C@H]2C(=O)NC[C@H](CCC(=O)N2CCOCC2)N3C)cc1. The number of ether oxygens (including phenoxy) is 1. The number of fused-ring (bicyclic) bond motifs is 1. The first-order chi connectivity index (χ1) is 15.4. The van der Waals surface area contributed by atoms with Gasteiger partial charge in [0.1, 0.15) is 6.04 Å². The first-order valence-electron chi connectivity index (χ1n) is 11.8. The van der Waals surface area contributed by atoms with Crippen LogP contribution in [0, 0.1) is 0 Å². The Hall–Kier alpha value is -2.16. The average molecular weight is 444 g/mol. The van der Waals surface area contributed by atoms with Gasteiger partial charge in [0.2, 0.25) is 11.8 Å². The molecule has 1 N–H and O–H groups in total. The third-order valence-electron chi connectivity index (χ3n) is 7.24. The van der Waals surface area contributed by atoms with E-state index in [0.717, 1.165) is 25.9 Å². The van der Waals surface area contributed by atoms with Gasteiger partial charge in [-0.05, 0) is 37.6 Å². The summed E-state index contributed by atoms with van der Waals surface area (Å²) in [5.74, 6) is 0.314. The molecule has 3 aliphatic rings. The Labute approximate surface area is 191 Å². The summed E-state index contributed by atoms with van der Waals surface area (Å²) in [4.78, 5) is 34.3. The molecular formula is C24H37N5O3. The van der Waals surface area contributed by atoms with Crippen molar-refractivity contribution in [1.82, 2.24) is 20.0 Å². The zero-order chi connectivity index (χ0) is 22.7. The summed E-state index contributed by atoms with van der Waals surface area (Å²) in [6.45, 7) is 4.91. The van der Waals surface area contributed by atoms with Crippen LogP contribution in [0.15, 0.2) is 24.3 Å². The lowest BCUT2D eigenvalue weighted by atomic mass is 10.0. The summed E-state index contributed by atoms with van der Waals surface area (Å²) in [5.41, 5.74) is 2.40. The normalized spacial score (nSPS) is 27.0. The van der Waals surface area contributed by atoms with Gasteiger partial charge in [-0.25, -0.2) is 0 Å². The zero-order valence-electron chi connectivity index (χ0n) is 19.6. The number of carbonyl (C=O) groups is 2. The molecule has 3 aliphatic heterocycles. The highest BCUT2D eigenvalue weighted by Crippen LogP contribution is 2.29. The van der Waals surface area contributed by atoms with Gasteiger partial charge in [-0.2, -0.15) is 0 Å². The maximum atomic E-state index is 13.0. The summed E-state index contributed by atoms with van der Waals surface area (Å²) in [6.07, 6.45) is 2.25. The van der Waals surface area contributed by atoms with E-state index in [2.05, 4.69) is 51.3 Å². The van der Waals surface area contributed by atoms with E-state index in [1.165, 1.54) is 11.3 Å². The molecule has 0 bridgehead atoms. The van der Waals surface area contributed by atoms with Crippen LogP contribution in [-0.4, -0.2) is 105 Å². The lowest BCUT2D eigenvalue weighted by molar-refractivity contribution is -0.135. The molecule has 1 aromatic rings. The fraction of sp³-hybridized carbons (Fsp3) is 0.667. The molecule has 0 radical (unpaired) electrons. The lowest BCUT2D eigenvalue weighted by Crippen LogP contribution is -2.49. The van der Waals surface area contributed by atoms with Crippen molar-refractivity contribution in [3.05, 3.63) is 29.8 Å². The second kappa shape index (κ2) is 10.2. The third-order valence-corrected chi connectivity index (χ3v) is 7.24. The number of likely N-dealkylation sites (tertiary alicyclic amines) is 1. The summed E-state index contributed by atoms with van der Waals surface area (Å²) < 4.78 is 5.35. The van der Waals surface area contributed by atoms with E-state index < -0.39 is 0 Å². The van der Waals surface area contributed by atoms with E-state index in [1.54, 1.807) is 0 Å². The number of hydrogen-bond donors (Lipinski definition) is 1. The molecule has 4 rings (SSSR count). The Morgan fingerprint density at radius 2 is 1.88 bits per heavy atom. The number of amides is 2. The number of nitrogens with one attached hydrogen (secondary N) is 1. The highest BCUT2D eigenvalue weighted by atomic mass is 16.5. The molecule has 0 spiro atoms. The number of likely N-dealkylation sites (N-methyl/N-ethyl adjacent to an activating group) is 1. The van der Waals surface area contributed by atoms with Gasteiger partial charge in [-0.15, -0.1) is 0 Å². The van der Waals surface area contributed by atoms with Crippen molar-refractivity contribution in [2.45, 2.75) is 43.9 Å². The van der Waals surface area contributed by atoms with Gasteiger partial charge in [0.25, 0.3) is 0 Å². The van der Waals surface area contributed by atoms with Gasteiger partial charge in [0.05, 0.1) is 13.2 Å². The molecule has 32 heavy (non-hydrogen) atoms. The number of anilines is 1. The minimum absolute atomic E-state index is 0.117. The predicted octanol–water partition coefficient (Wildman–Crippen LogP) is 0.765. The Morgan fingerprint density at radius 3 is 2.56 bits per heavy atom. The van der Waals surface area contributed by atoms with Gasteiger partial charge < -0.3 is 19.9 Å². The Morgan fingerprint density at radius 1 is 1.16 bits per heavy atom. The van der Waals surface area contributed by atoms with Gasteiger partial charge in [-0.1, -0.05) is 12.1 Å². The van der Waals surface area contributed by atoms with Crippen molar-refractivity contribution >= 4 is 17.5 Å². The smallest absolute Gasteiger partial charge is 0.239 e. The molecule has 0 aromatic heterocycles. The van der Waals surface area contributed by atoms with Crippen molar-refractivity contribution in [3.63, 3.8) is 0 Å². The first-order valence-corrected chi connectivity index (χ1v) is 11.8. The van der Waals surface area contributed by atoms with Gasteiger partial charge in [0.15, 0.2) is 0 Å². The van der Waals surface area contributed by atoms with Crippen molar-refractivity contribution in [1.29, 1.82) is 0 Å². The van der Waals surface area contributed by atoms with Crippen molar-refractivity contribution in [3.8, 4) is 0 Å². The molecule has 0 aliphatic carbocycles. The van der Waals surface area contributed by atoms with Crippen LogP contribution in [-0.2, 0) is 20.9 Å². The van der Waals surface area contributed by atoms with Crippen LogP contribution in [0.3, 0.4) is 0 Å². The topological polar surface area (TPSA) is 68.4 Å². The minimum Gasteiger partial charge on any atom is -0.378 e. The largest absolute Gasteiger partial charge is 0.378 e. The van der Waals surface area contributed by atoms with Crippen LogP contribution < -0.4 is 10.2 Å². The highest BCUT2D eigenvalue weighted by Gasteiger charge is 2.44. The molecular weight excluding hydrogens is 406 g/mol.